The maximum absolute atomic E-state index is 13.0. The van der Waals surface area contributed by atoms with Crippen LogP contribution in [0.3, 0.4) is 0 Å². The predicted octanol–water partition coefficient (Wildman–Crippen LogP) is 2.81. The van der Waals surface area contributed by atoms with Gasteiger partial charge in [0.15, 0.2) is 0 Å². The zero-order chi connectivity index (χ0) is 18.8. The van der Waals surface area contributed by atoms with Crippen LogP contribution in [-0.4, -0.2) is 39.8 Å². The Balaban J connectivity index is 2.31. The van der Waals surface area contributed by atoms with E-state index in [0.717, 1.165) is 12.8 Å². The number of nitrogens with zero attached hydrogens (tertiary/aromatic N) is 2. The summed E-state index contributed by atoms with van der Waals surface area (Å²) in [6.45, 7) is 7.72. The molecule has 1 atom stereocenters. The number of nitrogens with one attached hydrogen (secondary N) is 1. The monoisotopic (exact) mass is 347 g/mol. The molecule has 0 radical (unpaired) electrons. The molecule has 136 valence electrons. The second-order valence-corrected chi connectivity index (χ2v) is 7.46. The van der Waals surface area contributed by atoms with E-state index in [4.69, 9.17) is 0 Å². The van der Waals surface area contributed by atoms with Crippen molar-refractivity contribution in [2.75, 3.05) is 6.54 Å². The minimum absolute atomic E-state index is 0.0847. The largest absolute Gasteiger partial charge is 0.350 e. The molecule has 0 aliphatic carbocycles. The lowest BCUT2D eigenvalue weighted by atomic mass is 9.97. The van der Waals surface area contributed by atoms with Crippen LogP contribution in [0.1, 0.15) is 56.0 Å². The Kier molecular flexibility index (Phi) is 5.45. The van der Waals surface area contributed by atoms with Crippen molar-refractivity contribution in [2.45, 2.75) is 58.5 Å². The number of rotatable bonds is 3. The molecule has 1 heterocycles. The lowest BCUT2D eigenvalue weighted by Crippen LogP contribution is -2.55. The van der Waals surface area contributed by atoms with Crippen LogP contribution in [0.25, 0.3) is 0 Å². The summed E-state index contributed by atoms with van der Waals surface area (Å²) in [4.78, 5) is 37.8. The van der Waals surface area contributed by atoms with Gasteiger partial charge in [0.25, 0.3) is 11.6 Å². The first-order chi connectivity index (χ1) is 11.6. The quantitative estimate of drug-likeness (QED) is 0.672. The smallest absolute Gasteiger partial charge is 0.273 e. The van der Waals surface area contributed by atoms with Gasteiger partial charge in [-0.2, -0.15) is 0 Å². The van der Waals surface area contributed by atoms with Crippen molar-refractivity contribution in [3.8, 4) is 0 Å². The minimum Gasteiger partial charge on any atom is -0.350 e. The number of amides is 2. The minimum atomic E-state index is -0.542. The predicted molar refractivity (Wildman–Crippen MR) is 94.4 cm³/mol. The highest BCUT2D eigenvalue weighted by atomic mass is 16.6. The summed E-state index contributed by atoms with van der Waals surface area (Å²) in [6, 6.07) is 3.93. The van der Waals surface area contributed by atoms with Gasteiger partial charge in [0.05, 0.1) is 4.92 Å². The molecule has 7 heteroatoms. The van der Waals surface area contributed by atoms with Gasteiger partial charge in [-0.3, -0.25) is 19.7 Å². The molecular formula is C18H25N3O4. The van der Waals surface area contributed by atoms with Crippen LogP contribution in [0, 0.1) is 17.0 Å². The maximum Gasteiger partial charge on any atom is 0.273 e. The highest BCUT2D eigenvalue weighted by Gasteiger charge is 2.35. The van der Waals surface area contributed by atoms with Crippen molar-refractivity contribution in [3.63, 3.8) is 0 Å². The molecule has 2 amide bonds. The molecule has 1 N–H and O–H groups in total. The number of carbonyl (C=O) groups excluding carboxylic acids is 2. The van der Waals surface area contributed by atoms with Gasteiger partial charge in [-0.05, 0) is 53.0 Å². The Morgan fingerprint density at radius 1 is 1.28 bits per heavy atom. The van der Waals surface area contributed by atoms with Gasteiger partial charge in [-0.25, -0.2) is 0 Å². The lowest BCUT2D eigenvalue weighted by molar-refractivity contribution is -0.385. The molecule has 0 bridgehead atoms. The van der Waals surface area contributed by atoms with Crippen molar-refractivity contribution in [1.82, 2.24) is 10.2 Å². The molecular weight excluding hydrogens is 322 g/mol. The van der Waals surface area contributed by atoms with E-state index in [1.54, 1.807) is 17.9 Å². The standard InChI is InChI=1S/C18H25N3O4/c1-12-13(8-7-10-14(12)21(24)25)17(23)20-11-6-5-9-15(20)16(22)19-18(2,3)4/h7-8,10,15H,5-6,9,11H2,1-4H3,(H,19,22)/t15-/m0/s1. The average Bonchev–Trinajstić information content (AvgIpc) is 2.52. The van der Waals surface area contributed by atoms with E-state index in [1.165, 1.54) is 12.1 Å². The van der Waals surface area contributed by atoms with E-state index in [1.807, 2.05) is 20.8 Å². The van der Waals surface area contributed by atoms with Crippen molar-refractivity contribution in [2.24, 2.45) is 0 Å². The fourth-order valence-corrected chi connectivity index (χ4v) is 3.11. The first-order valence-electron chi connectivity index (χ1n) is 8.49. The maximum atomic E-state index is 13.0. The third-order valence-corrected chi connectivity index (χ3v) is 4.30. The van der Waals surface area contributed by atoms with Crippen molar-refractivity contribution >= 4 is 17.5 Å². The van der Waals surface area contributed by atoms with Crippen LogP contribution in [0.2, 0.25) is 0 Å². The topological polar surface area (TPSA) is 92.6 Å². The number of nitro groups is 1. The van der Waals surface area contributed by atoms with Crippen LogP contribution < -0.4 is 5.32 Å². The van der Waals surface area contributed by atoms with Crippen LogP contribution in [-0.2, 0) is 4.79 Å². The van der Waals surface area contributed by atoms with Gasteiger partial charge >= 0.3 is 0 Å². The molecule has 1 aliphatic heterocycles. The van der Waals surface area contributed by atoms with Crippen LogP contribution >= 0.6 is 0 Å². The second kappa shape index (κ2) is 7.21. The van der Waals surface area contributed by atoms with E-state index >= 15 is 0 Å². The second-order valence-electron chi connectivity index (χ2n) is 7.46. The third kappa shape index (κ3) is 4.35. The zero-order valence-electron chi connectivity index (χ0n) is 15.2. The van der Waals surface area contributed by atoms with Gasteiger partial charge in [0.1, 0.15) is 6.04 Å². The molecule has 1 aromatic rings. The number of hydrogen-bond acceptors (Lipinski definition) is 4. The number of likely N-dealkylation sites (tertiary alicyclic amines) is 1. The number of hydrogen-bond donors (Lipinski definition) is 1. The molecule has 25 heavy (non-hydrogen) atoms. The van der Waals surface area contributed by atoms with Crippen molar-refractivity contribution in [3.05, 3.63) is 39.4 Å². The normalized spacial score (nSPS) is 17.9. The number of benzene rings is 1. The van der Waals surface area contributed by atoms with E-state index in [-0.39, 0.29) is 28.6 Å². The Labute approximate surface area is 147 Å². The summed E-state index contributed by atoms with van der Waals surface area (Å²) in [5.74, 6) is -0.501. The molecule has 1 saturated heterocycles. The molecule has 0 saturated carbocycles. The molecule has 1 fully saturated rings. The van der Waals surface area contributed by atoms with Crippen molar-refractivity contribution < 1.29 is 14.5 Å². The first kappa shape index (κ1) is 18.9. The summed E-state index contributed by atoms with van der Waals surface area (Å²) in [7, 11) is 0. The first-order valence-corrected chi connectivity index (χ1v) is 8.49. The van der Waals surface area contributed by atoms with E-state index in [2.05, 4.69) is 5.32 Å². The highest BCUT2D eigenvalue weighted by Crippen LogP contribution is 2.26. The Morgan fingerprint density at radius 3 is 2.56 bits per heavy atom. The number of nitro benzene ring substituents is 1. The fourth-order valence-electron chi connectivity index (χ4n) is 3.11. The SMILES string of the molecule is Cc1c(C(=O)N2CCCC[C@H]2C(=O)NC(C)(C)C)cccc1[N+](=O)[O-]. The van der Waals surface area contributed by atoms with Crippen LogP contribution in [0.15, 0.2) is 18.2 Å². The summed E-state index contributed by atoms with van der Waals surface area (Å²) in [5, 5.41) is 14.0. The molecule has 2 rings (SSSR count). The molecule has 0 unspecified atom stereocenters. The van der Waals surface area contributed by atoms with Crippen LogP contribution in [0.5, 0.6) is 0 Å². The van der Waals surface area contributed by atoms with Gasteiger partial charge in [-0.1, -0.05) is 6.07 Å². The van der Waals surface area contributed by atoms with Gasteiger partial charge < -0.3 is 10.2 Å². The molecule has 0 spiro atoms. The molecule has 0 aromatic heterocycles. The number of piperidine rings is 1. The van der Waals surface area contributed by atoms with Crippen molar-refractivity contribution in [1.29, 1.82) is 0 Å². The number of carbonyl (C=O) groups is 2. The average molecular weight is 347 g/mol. The Morgan fingerprint density at radius 2 is 1.96 bits per heavy atom. The highest BCUT2D eigenvalue weighted by molar-refractivity contribution is 5.99. The lowest BCUT2D eigenvalue weighted by Gasteiger charge is -2.36. The molecule has 7 nitrogen and oxygen atoms in total. The van der Waals surface area contributed by atoms with Gasteiger partial charge in [0.2, 0.25) is 5.91 Å². The summed E-state index contributed by atoms with van der Waals surface area (Å²) >= 11 is 0. The van der Waals surface area contributed by atoms with E-state index < -0.39 is 11.0 Å². The Hall–Kier alpha value is -2.44. The Bertz CT molecular complexity index is 694. The van der Waals surface area contributed by atoms with E-state index in [9.17, 15) is 19.7 Å². The summed E-state index contributed by atoms with van der Waals surface area (Å²) in [6.07, 6.45) is 2.29. The van der Waals surface area contributed by atoms with Crippen LogP contribution in [0.4, 0.5) is 5.69 Å². The van der Waals surface area contributed by atoms with Gasteiger partial charge in [-0.15, -0.1) is 0 Å². The molecule has 1 aliphatic rings. The van der Waals surface area contributed by atoms with Gasteiger partial charge in [0, 0.05) is 29.3 Å². The zero-order valence-corrected chi connectivity index (χ0v) is 15.2. The summed E-state index contributed by atoms with van der Waals surface area (Å²) in [5.41, 5.74) is 0.145. The third-order valence-electron chi connectivity index (χ3n) is 4.30. The molecule has 1 aromatic carbocycles. The van der Waals surface area contributed by atoms with E-state index in [0.29, 0.717) is 18.5 Å². The summed E-state index contributed by atoms with van der Waals surface area (Å²) < 4.78 is 0. The fraction of sp³-hybridized carbons (Fsp3) is 0.556.